The highest BCUT2D eigenvalue weighted by Crippen LogP contribution is 2.10. The highest BCUT2D eigenvalue weighted by molar-refractivity contribution is 5.76. The van der Waals surface area contributed by atoms with Crippen LogP contribution in [0.1, 0.15) is 17.5 Å². The third-order valence-electron chi connectivity index (χ3n) is 3.44. The SMILES string of the molecule is Cc1cc(F)ccc1CCNC(=O)CC1CNCCO1. The van der Waals surface area contributed by atoms with E-state index in [2.05, 4.69) is 10.6 Å². The van der Waals surface area contributed by atoms with E-state index < -0.39 is 0 Å². The minimum Gasteiger partial charge on any atom is -0.375 e. The Morgan fingerprint density at radius 1 is 1.55 bits per heavy atom. The molecule has 1 aromatic carbocycles. The lowest BCUT2D eigenvalue weighted by atomic mass is 10.1. The number of amides is 1. The van der Waals surface area contributed by atoms with Crippen molar-refractivity contribution in [2.24, 2.45) is 0 Å². The second-order valence-corrected chi connectivity index (χ2v) is 5.07. The lowest BCUT2D eigenvalue weighted by molar-refractivity contribution is -0.124. The number of carbonyl (C=O) groups is 1. The molecule has 1 aliphatic rings. The zero-order chi connectivity index (χ0) is 14.4. The van der Waals surface area contributed by atoms with Gasteiger partial charge in [0, 0.05) is 19.6 Å². The van der Waals surface area contributed by atoms with Gasteiger partial charge in [-0.15, -0.1) is 0 Å². The molecule has 0 radical (unpaired) electrons. The predicted molar refractivity (Wildman–Crippen MR) is 75.1 cm³/mol. The Hall–Kier alpha value is -1.46. The Morgan fingerprint density at radius 3 is 3.10 bits per heavy atom. The van der Waals surface area contributed by atoms with Gasteiger partial charge >= 0.3 is 0 Å². The number of carbonyl (C=O) groups excluding carboxylic acids is 1. The maximum Gasteiger partial charge on any atom is 0.222 e. The first kappa shape index (κ1) is 14.9. The monoisotopic (exact) mass is 280 g/mol. The summed E-state index contributed by atoms with van der Waals surface area (Å²) in [5, 5.41) is 6.07. The van der Waals surface area contributed by atoms with Gasteiger partial charge < -0.3 is 15.4 Å². The molecule has 2 rings (SSSR count). The summed E-state index contributed by atoms with van der Waals surface area (Å²) in [6, 6.07) is 4.73. The molecule has 5 heteroatoms. The molecule has 110 valence electrons. The quantitative estimate of drug-likeness (QED) is 0.851. The Labute approximate surface area is 118 Å². The molecule has 0 aliphatic carbocycles. The molecule has 0 spiro atoms. The number of hydrogen-bond donors (Lipinski definition) is 2. The fourth-order valence-corrected chi connectivity index (χ4v) is 2.31. The molecule has 1 saturated heterocycles. The van der Waals surface area contributed by atoms with Crippen LogP contribution in [0.2, 0.25) is 0 Å². The number of benzene rings is 1. The summed E-state index contributed by atoms with van der Waals surface area (Å²) in [6.07, 6.45) is 1.06. The fourth-order valence-electron chi connectivity index (χ4n) is 2.31. The van der Waals surface area contributed by atoms with Crippen molar-refractivity contribution in [1.29, 1.82) is 0 Å². The van der Waals surface area contributed by atoms with E-state index in [0.29, 0.717) is 26.0 Å². The summed E-state index contributed by atoms with van der Waals surface area (Å²) < 4.78 is 18.4. The zero-order valence-corrected chi connectivity index (χ0v) is 11.7. The molecule has 1 heterocycles. The van der Waals surface area contributed by atoms with Crippen molar-refractivity contribution in [3.8, 4) is 0 Å². The molecule has 0 bridgehead atoms. The number of nitrogens with one attached hydrogen (secondary N) is 2. The van der Waals surface area contributed by atoms with Crippen molar-refractivity contribution < 1.29 is 13.9 Å². The van der Waals surface area contributed by atoms with Crippen molar-refractivity contribution in [2.45, 2.75) is 25.9 Å². The van der Waals surface area contributed by atoms with Crippen molar-refractivity contribution in [1.82, 2.24) is 10.6 Å². The fraction of sp³-hybridized carbons (Fsp3) is 0.533. The minimum absolute atomic E-state index is 0.00142. The Balaban J connectivity index is 1.70. The molecule has 2 N–H and O–H groups in total. The molecule has 1 aromatic rings. The van der Waals surface area contributed by atoms with E-state index in [1.807, 2.05) is 6.92 Å². The predicted octanol–water partition coefficient (Wildman–Crippen LogP) is 1.17. The standard InChI is InChI=1S/C15H21FN2O2/c1-11-8-13(16)3-2-12(11)4-5-18-15(19)9-14-10-17-6-7-20-14/h2-3,8,14,17H,4-7,9-10H2,1H3,(H,18,19). The van der Waals surface area contributed by atoms with Gasteiger partial charge in [0.25, 0.3) is 0 Å². The molecular formula is C15H21FN2O2. The van der Waals surface area contributed by atoms with Gasteiger partial charge in [0.05, 0.1) is 19.1 Å². The average Bonchev–Trinajstić information content (AvgIpc) is 2.42. The van der Waals surface area contributed by atoms with E-state index in [1.54, 1.807) is 6.07 Å². The third kappa shape index (κ3) is 4.58. The maximum atomic E-state index is 13.0. The van der Waals surface area contributed by atoms with Crippen LogP contribution in [0, 0.1) is 12.7 Å². The summed E-state index contributed by atoms with van der Waals surface area (Å²) in [4.78, 5) is 11.8. The van der Waals surface area contributed by atoms with E-state index in [9.17, 15) is 9.18 Å². The molecule has 0 aromatic heterocycles. The Kier molecular flexibility index (Phi) is 5.49. The smallest absolute Gasteiger partial charge is 0.222 e. The lowest BCUT2D eigenvalue weighted by Crippen LogP contribution is -2.41. The largest absolute Gasteiger partial charge is 0.375 e. The van der Waals surface area contributed by atoms with Gasteiger partial charge in [-0.3, -0.25) is 4.79 Å². The van der Waals surface area contributed by atoms with Crippen LogP contribution in [0.4, 0.5) is 4.39 Å². The molecule has 20 heavy (non-hydrogen) atoms. The van der Waals surface area contributed by atoms with Gasteiger partial charge in [-0.1, -0.05) is 6.07 Å². The number of hydrogen-bond acceptors (Lipinski definition) is 3. The van der Waals surface area contributed by atoms with Crippen LogP contribution >= 0.6 is 0 Å². The van der Waals surface area contributed by atoms with Crippen LogP contribution < -0.4 is 10.6 Å². The first-order valence-electron chi connectivity index (χ1n) is 6.99. The summed E-state index contributed by atoms with van der Waals surface area (Å²) in [5.74, 6) is -0.226. The summed E-state index contributed by atoms with van der Waals surface area (Å²) in [7, 11) is 0. The number of ether oxygens (including phenoxy) is 1. The van der Waals surface area contributed by atoms with Crippen LogP contribution in [0.3, 0.4) is 0 Å². The van der Waals surface area contributed by atoms with E-state index in [-0.39, 0.29) is 17.8 Å². The van der Waals surface area contributed by atoms with Crippen LogP contribution in [0.25, 0.3) is 0 Å². The van der Waals surface area contributed by atoms with Crippen molar-refractivity contribution in [2.75, 3.05) is 26.2 Å². The topological polar surface area (TPSA) is 50.4 Å². The Bertz CT molecular complexity index is 459. The van der Waals surface area contributed by atoms with Crippen molar-refractivity contribution in [3.05, 3.63) is 35.1 Å². The first-order valence-corrected chi connectivity index (χ1v) is 6.99. The number of halogens is 1. The van der Waals surface area contributed by atoms with E-state index in [4.69, 9.17) is 4.74 Å². The number of aryl methyl sites for hydroxylation is 1. The second-order valence-electron chi connectivity index (χ2n) is 5.07. The molecule has 0 saturated carbocycles. The molecule has 1 unspecified atom stereocenters. The summed E-state index contributed by atoms with van der Waals surface area (Å²) >= 11 is 0. The normalized spacial score (nSPS) is 18.8. The van der Waals surface area contributed by atoms with Gasteiger partial charge in [0.15, 0.2) is 0 Å². The highest BCUT2D eigenvalue weighted by Gasteiger charge is 2.16. The number of rotatable bonds is 5. The first-order chi connectivity index (χ1) is 9.65. The molecule has 4 nitrogen and oxygen atoms in total. The van der Waals surface area contributed by atoms with Gasteiger partial charge in [0.1, 0.15) is 5.82 Å². The van der Waals surface area contributed by atoms with Gasteiger partial charge in [-0.05, 0) is 36.6 Å². The maximum absolute atomic E-state index is 13.0. The molecule has 1 atom stereocenters. The molecule has 1 aliphatic heterocycles. The zero-order valence-electron chi connectivity index (χ0n) is 11.7. The number of morpholine rings is 1. The van der Waals surface area contributed by atoms with Crippen molar-refractivity contribution >= 4 is 5.91 Å². The van der Waals surface area contributed by atoms with E-state index in [0.717, 1.165) is 24.2 Å². The molecule has 1 amide bonds. The summed E-state index contributed by atoms with van der Waals surface area (Å²) in [5.41, 5.74) is 1.97. The summed E-state index contributed by atoms with van der Waals surface area (Å²) in [6.45, 7) is 4.67. The van der Waals surface area contributed by atoms with Gasteiger partial charge in [0.2, 0.25) is 5.91 Å². The third-order valence-corrected chi connectivity index (χ3v) is 3.44. The second kappa shape index (κ2) is 7.36. The van der Waals surface area contributed by atoms with Crippen LogP contribution in [-0.4, -0.2) is 38.3 Å². The van der Waals surface area contributed by atoms with Gasteiger partial charge in [-0.25, -0.2) is 4.39 Å². The lowest BCUT2D eigenvalue weighted by Gasteiger charge is -2.23. The van der Waals surface area contributed by atoms with Crippen LogP contribution in [-0.2, 0) is 16.0 Å². The van der Waals surface area contributed by atoms with Crippen LogP contribution in [0.5, 0.6) is 0 Å². The molecule has 1 fully saturated rings. The highest BCUT2D eigenvalue weighted by atomic mass is 19.1. The van der Waals surface area contributed by atoms with Crippen molar-refractivity contribution in [3.63, 3.8) is 0 Å². The van der Waals surface area contributed by atoms with E-state index >= 15 is 0 Å². The average molecular weight is 280 g/mol. The van der Waals surface area contributed by atoms with Gasteiger partial charge in [-0.2, -0.15) is 0 Å². The Morgan fingerprint density at radius 2 is 2.40 bits per heavy atom. The minimum atomic E-state index is -0.225. The molecular weight excluding hydrogens is 259 g/mol. The van der Waals surface area contributed by atoms with Crippen LogP contribution in [0.15, 0.2) is 18.2 Å². The van der Waals surface area contributed by atoms with E-state index in [1.165, 1.54) is 12.1 Å².